The fraction of sp³-hybridized carbons (Fsp3) is 0.765. The van der Waals surface area contributed by atoms with E-state index in [1.54, 1.807) is 11.3 Å². The molecule has 0 bridgehead atoms. The number of rotatable bonds is 8. The highest BCUT2D eigenvalue weighted by atomic mass is 35.5. The van der Waals surface area contributed by atoms with Crippen LogP contribution in [-0.4, -0.2) is 30.0 Å². The number of nitrogens with one attached hydrogen (secondary N) is 2. The lowest BCUT2D eigenvalue weighted by molar-refractivity contribution is -0.121. The molecule has 0 radical (unpaired) electrons. The Morgan fingerprint density at radius 3 is 2.54 bits per heavy atom. The molecule has 0 atom stereocenters. The number of carbonyl (C=O) groups is 1. The highest BCUT2D eigenvalue weighted by Crippen LogP contribution is 2.16. The number of halogens is 2. The second-order valence-corrected chi connectivity index (χ2v) is 7.27. The third-order valence-corrected chi connectivity index (χ3v) is 5.06. The van der Waals surface area contributed by atoms with Crippen molar-refractivity contribution in [3.8, 4) is 0 Å². The van der Waals surface area contributed by atoms with Crippen LogP contribution in [0.2, 0.25) is 0 Å². The van der Waals surface area contributed by atoms with E-state index < -0.39 is 0 Å². The maximum atomic E-state index is 11.8. The quantitative estimate of drug-likeness (QED) is 0.515. The molecule has 1 saturated carbocycles. The molecule has 4 nitrogen and oxygen atoms in total. The largest absolute Gasteiger partial charge is 0.355 e. The summed E-state index contributed by atoms with van der Waals surface area (Å²) < 4.78 is 0. The molecule has 0 saturated heterocycles. The van der Waals surface area contributed by atoms with Crippen molar-refractivity contribution in [3.05, 3.63) is 16.1 Å². The van der Waals surface area contributed by atoms with Gasteiger partial charge in [-0.1, -0.05) is 25.7 Å². The molecule has 24 heavy (non-hydrogen) atoms. The van der Waals surface area contributed by atoms with Crippen molar-refractivity contribution >= 4 is 42.1 Å². The fourth-order valence-electron chi connectivity index (χ4n) is 3.00. The Hall–Kier alpha value is -0.360. The molecule has 2 N–H and O–H groups in total. The van der Waals surface area contributed by atoms with Gasteiger partial charge in [0.1, 0.15) is 0 Å². The van der Waals surface area contributed by atoms with Gasteiger partial charge in [0.05, 0.1) is 10.7 Å². The van der Waals surface area contributed by atoms with Crippen LogP contribution in [-0.2, 0) is 11.2 Å². The molecule has 1 aromatic rings. The molecule has 0 spiro atoms. The van der Waals surface area contributed by atoms with Crippen LogP contribution in [0.4, 0.5) is 0 Å². The lowest BCUT2D eigenvalue weighted by Crippen LogP contribution is -2.36. The zero-order valence-corrected chi connectivity index (χ0v) is 17.0. The summed E-state index contributed by atoms with van der Waals surface area (Å²) in [5, 5.41) is 9.78. The van der Waals surface area contributed by atoms with Gasteiger partial charge in [0.25, 0.3) is 0 Å². The van der Waals surface area contributed by atoms with Crippen molar-refractivity contribution in [1.82, 2.24) is 15.6 Å². The fourth-order valence-corrected chi connectivity index (χ4v) is 3.65. The van der Waals surface area contributed by atoms with Gasteiger partial charge in [-0.05, 0) is 32.6 Å². The Morgan fingerprint density at radius 2 is 1.92 bits per heavy atom. The first-order chi connectivity index (χ1) is 10.7. The average molecular weight is 396 g/mol. The summed E-state index contributed by atoms with van der Waals surface area (Å²) in [4.78, 5) is 16.2. The van der Waals surface area contributed by atoms with E-state index in [2.05, 4.69) is 21.0 Å². The number of hydrogen-bond acceptors (Lipinski definition) is 4. The summed E-state index contributed by atoms with van der Waals surface area (Å²) in [6, 6.07) is 0.660. The number of aryl methyl sites for hydroxylation is 2. The molecule has 7 heteroatoms. The van der Waals surface area contributed by atoms with E-state index in [9.17, 15) is 4.79 Å². The van der Waals surface area contributed by atoms with Crippen LogP contribution in [0.25, 0.3) is 0 Å². The molecule has 0 unspecified atom stereocenters. The minimum atomic E-state index is 0. The van der Waals surface area contributed by atoms with Crippen LogP contribution < -0.4 is 10.6 Å². The van der Waals surface area contributed by atoms with Crippen molar-refractivity contribution in [3.63, 3.8) is 0 Å². The molecular formula is C17H31Cl2N3OS. The normalized spacial score (nSPS) is 15.0. The van der Waals surface area contributed by atoms with E-state index >= 15 is 0 Å². The summed E-state index contributed by atoms with van der Waals surface area (Å²) >= 11 is 1.68. The average Bonchev–Trinajstić information content (AvgIpc) is 2.76. The third-order valence-electron chi connectivity index (χ3n) is 4.24. The lowest BCUT2D eigenvalue weighted by Gasteiger charge is -2.16. The van der Waals surface area contributed by atoms with Crippen molar-refractivity contribution < 1.29 is 4.79 Å². The number of nitrogens with zero attached hydrogens (tertiary/aromatic N) is 1. The zero-order valence-electron chi connectivity index (χ0n) is 14.5. The van der Waals surface area contributed by atoms with E-state index in [-0.39, 0.29) is 30.7 Å². The van der Waals surface area contributed by atoms with Gasteiger partial charge in [-0.2, -0.15) is 0 Å². The molecule has 1 aliphatic carbocycles. The van der Waals surface area contributed by atoms with E-state index in [1.807, 2.05) is 6.92 Å². The topological polar surface area (TPSA) is 54.0 Å². The molecule has 1 amide bonds. The van der Waals surface area contributed by atoms with Crippen LogP contribution in [0.3, 0.4) is 0 Å². The van der Waals surface area contributed by atoms with Crippen LogP contribution in [0.1, 0.15) is 62.1 Å². The minimum Gasteiger partial charge on any atom is -0.355 e. The van der Waals surface area contributed by atoms with Gasteiger partial charge < -0.3 is 10.6 Å². The predicted octanol–water partition coefficient (Wildman–Crippen LogP) is 4.05. The number of amides is 1. The van der Waals surface area contributed by atoms with Gasteiger partial charge in [-0.25, -0.2) is 4.98 Å². The van der Waals surface area contributed by atoms with E-state index in [1.165, 1.54) is 38.5 Å². The zero-order chi connectivity index (χ0) is 15.6. The maximum Gasteiger partial charge on any atom is 0.220 e. The van der Waals surface area contributed by atoms with Gasteiger partial charge in [0.15, 0.2) is 0 Å². The Labute approximate surface area is 162 Å². The Bertz CT molecular complexity index is 449. The van der Waals surface area contributed by atoms with Crippen LogP contribution in [0, 0.1) is 6.92 Å². The number of hydrogen-bond donors (Lipinski definition) is 2. The smallest absolute Gasteiger partial charge is 0.220 e. The molecule has 0 aliphatic heterocycles. The van der Waals surface area contributed by atoms with Gasteiger partial charge in [-0.15, -0.1) is 36.2 Å². The van der Waals surface area contributed by atoms with Crippen molar-refractivity contribution in [2.75, 3.05) is 13.1 Å². The summed E-state index contributed by atoms with van der Waals surface area (Å²) in [6.07, 6.45) is 10.4. The molecule has 1 aliphatic rings. The second kappa shape index (κ2) is 13.9. The molecular weight excluding hydrogens is 365 g/mol. The summed E-state index contributed by atoms with van der Waals surface area (Å²) in [6.45, 7) is 3.65. The van der Waals surface area contributed by atoms with E-state index in [0.29, 0.717) is 12.5 Å². The van der Waals surface area contributed by atoms with Crippen LogP contribution >= 0.6 is 36.2 Å². The van der Waals surface area contributed by atoms with Gasteiger partial charge in [0.2, 0.25) is 5.91 Å². The molecule has 2 rings (SSSR count). The molecule has 1 fully saturated rings. The number of carbonyl (C=O) groups excluding carboxylic acids is 1. The molecule has 1 heterocycles. The first kappa shape index (κ1) is 23.6. The standard InChI is InChI=1S/C17H29N3OS.2ClH/c1-14-20-16(13-22-14)9-6-10-17(21)19-12-11-18-15-7-4-2-3-5-8-15;;/h13,15,18H,2-12H2,1H3,(H,19,21);2*1H. The van der Waals surface area contributed by atoms with Crippen molar-refractivity contribution in [2.45, 2.75) is 70.8 Å². The van der Waals surface area contributed by atoms with E-state index in [4.69, 9.17) is 0 Å². The van der Waals surface area contributed by atoms with Crippen molar-refractivity contribution in [2.24, 2.45) is 0 Å². The lowest BCUT2D eigenvalue weighted by atomic mass is 10.1. The first-order valence-electron chi connectivity index (χ1n) is 8.65. The predicted molar refractivity (Wildman–Crippen MR) is 107 cm³/mol. The van der Waals surface area contributed by atoms with Crippen LogP contribution in [0.5, 0.6) is 0 Å². The van der Waals surface area contributed by atoms with Gasteiger partial charge in [-0.3, -0.25) is 4.79 Å². The molecule has 140 valence electrons. The van der Waals surface area contributed by atoms with Crippen LogP contribution in [0.15, 0.2) is 5.38 Å². The summed E-state index contributed by atoms with van der Waals surface area (Å²) in [5.41, 5.74) is 1.12. The second-order valence-electron chi connectivity index (χ2n) is 6.20. The highest BCUT2D eigenvalue weighted by molar-refractivity contribution is 7.09. The number of aromatic nitrogens is 1. The minimum absolute atomic E-state index is 0. The maximum absolute atomic E-state index is 11.8. The third kappa shape index (κ3) is 9.82. The van der Waals surface area contributed by atoms with Gasteiger partial charge in [0, 0.05) is 30.9 Å². The Balaban J connectivity index is 0.00000264. The monoisotopic (exact) mass is 395 g/mol. The molecule has 0 aromatic carbocycles. The Kier molecular flexibility index (Phi) is 13.7. The summed E-state index contributed by atoms with van der Waals surface area (Å²) in [7, 11) is 0. The SMILES string of the molecule is Cc1nc(CCCC(=O)NCCNC2CCCCCC2)cs1.Cl.Cl. The number of thiazole rings is 1. The molecule has 1 aromatic heterocycles. The highest BCUT2D eigenvalue weighted by Gasteiger charge is 2.11. The van der Waals surface area contributed by atoms with Gasteiger partial charge >= 0.3 is 0 Å². The van der Waals surface area contributed by atoms with E-state index in [0.717, 1.165) is 36.6 Å². The Morgan fingerprint density at radius 1 is 1.21 bits per heavy atom. The van der Waals surface area contributed by atoms with Crippen molar-refractivity contribution in [1.29, 1.82) is 0 Å². The first-order valence-corrected chi connectivity index (χ1v) is 9.53. The summed E-state index contributed by atoms with van der Waals surface area (Å²) in [5.74, 6) is 0.162.